The smallest absolute Gasteiger partial charge is 0.225 e. The first-order valence-corrected chi connectivity index (χ1v) is 9.33. The van der Waals surface area contributed by atoms with Crippen molar-refractivity contribution in [2.24, 2.45) is 16.7 Å². The molecule has 2 N–H and O–H groups in total. The van der Waals surface area contributed by atoms with Gasteiger partial charge in [0.1, 0.15) is 0 Å². The van der Waals surface area contributed by atoms with E-state index in [4.69, 9.17) is 0 Å². The van der Waals surface area contributed by atoms with Crippen LogP contribution in [0.1, 0.15) is 34.1 Å². The van der Waals surface area contributed by atoms with E-state index < -0.39 is 0 Å². The van der Waals surface area contributed by atoms with Gasteiger partial charge in [0.05, 0.1) is 11.4 Å². The fraction of sp³-hybridized carbons (Fsp3) is 0.550. The molecule has 1 saturated heterocycles. The average Bonchev–Trinajstić information content (AvgIpc) is 3.11. The minimum Gasteiger partial charge on any atom is -0.360 e. The van der Waals surface area contributed by atoms with Crippen LogP contribution in [0.2, 0.25) is 0 Å². The van der Waals surface area contributed by atoms with Gasteiger partial charge in [-0.15, -0.1) is 0 Å². The monoisotopic (exact) mass is 353 g/mol. The molecule has 6 heteroatoms. The van der Waals surface area contributed by atoms with E-state index >= 15 is 0 Å². The molecule has 0 radical (unpaired) electrons. The molecular weight excluding hydrogens is 326 g/mol. The quantitative estimate of drug-likeness (QED) is 0.886. The highest BCUT2D eigenvalue weighted by atomic mass is 16.2. The maximum atomic E-state index is 12.7. The summed E-state index contributed by atoms with van der Waals surface area (Å²) < 4.78 is 0. The average molecular weight is 353 g/mol. The molecule has 3 heterocycles. The lowest BCUT2D eigenvalue weighted by Crippen LogP contribution is -2.39. The number of hydrogen-bond acceptors (Lipinski definition) is 4. The van der Waals surface area contributed by atoms with Gasteiger partial charge in [0.15, 0.2) is 0 Å². The number of nitrogens with one attached hydrogen (secondary N) is 2. The zero-order chi connectivity index (χ0) is 18.5. The van der Waals surface area contributed by atoms with Gasteiger partial charge in [-0.25, -0.2) is 9.97 Å². The maximum absolute atomic E-state index is 12.7. The molecule has 2 aliphatic rings. The van der Waals surface area contributed by atoms with Crippen molar-refractivity contribution in [3.63, 3.8) is 0 Å². The van der Waals surface area contributed by atoms with Crippen LogP contribution in [0.4, 0.5) is 5.95 Å². The maximum Gasteiger partial charge on any atom is 0.225 e. The number of carbonyl (C=O) groups excluding carboxylic acids is 1. The fourth-order valence-electron chi connectivity index (χ4n) is 4.34. The van der Waals surface area contributed by atoms with Crippen molar-refractivity contribution in [3.05, 3.63) is 30.6 Å². The number of carbonyl (C=O) groups is 1. The minimum atomic E-state index is 0.0723. The third-order valence-electron chi connectivity index (χ3n) is 6.62. The second-order valence-corrected chi connectivity index (χ2v) is 8.64. The van der Waals surface area contributed by atoms with Crippen molar-refractivity contribution in [1.29, 1.82) is 0 Å². The lowest BCUT2D eigenvalue weighted by atomic mass is 10.0. The van der Waals surface area contributed by atoms with Gasteiger partial charge < -0.3 is 15.2 Å². The van der Waals surface area contributed by atoms with Crippen molar-refractivity contribution in [2.75, 3.05) is 18.0 Å². The summed E-state index contributed by atoms with van der Waals surface area (Å²) >= 11 is 0. The second kappa shape index (κ2) is 5.83. The SMILES string of the molecule is CC1(C)C(C(=O)NC2CCN(c3nccc(-c4ccc[nH]4)n3)C2)C1(C)C. The highest BCUT2D eigenvalue weighted by Crippen LogP contribution is 2.68. The second-order valence-electron chi connectivity index (χ2n) is 8.64. The number of H-pyrrole nitrogens is 1. The molecule has 6 nitrogen and oxygen atoms in total. The molecule has 0 spiro atoms. The minimum absolute atomic E-state index is 0.0723. The van der Waals surface area contributed by atoms with Gasteiger partial charge in [-0.05, 0) is 35.4 Å². The Morgan fingerprint density at radius 2 is 2.04 bits per heavy atom. The number of nitrogens with zero attached hydrogens (tertiary/aromatic N) is 3. The van der Waals surface area contributed by atoms with E-state index in [0.29, 0.717) is 0 Å². The van der Waals surface area contributed by atoms with Gasteiger partial charge in [-0.2, -0.15) is 0 Å². The van der Waals surface area contributed by atoms with E-state index in [9.17, 15) is 4.79 Å². The summed E-state index contributed by atoms with van der Waals surface area (Å²) in [6, 6.07) is 6.02. The van der Waals surface area contributed by atoms with Crippen molar-refractivity contribution >= 4 is 11.9 Å². The molecule has 138 valence electrons. The summed E-state index contributed by atoms with van der Waals surface area (Å²) in [6.45, 7) is 10.3. The van der Waals surface area contributed by atoms with Crippen LogP contribution in [0.15, 0.2) is 30.6 Å². The van der Waals surface area contributed by atoms with E-state index in [-0.39, 0.29) is 28.7 Å². The Kier molecular flexibility index (Phi) is 3.82. The molecule has 1 aliphatic heterocycles. The lowest BCUT2D eigenvalue weighted by molar-refractivity contribution is -0.124. The summed E-state index contributed by atoms with van der Waals surface area (Å²) in [4.78, 5) is 27.1. The Hall–Kier alpha value is -2.37. The van der Waals surface area contributed by atoms with E-state index in [1.54, 1.807) is 6.20 Å². The van der Waals surface area contributed by atoms with Crippen molar-refractivity contribution < 1.29 is 4.79 Å². The van der Waals surface area contributed by atoms with Gasteiger partial charge in [-0.3, -0.25) is 4.79 Å². The Morgan fingerprint density at radius 1 is 1.27 bits per heavy atom. The van der Waals surface area contributed by atoms with Crippen LogP contribution in [-0.4, -0.2) is 40.0 Å². The highest BCUT2D eigenvalue weighted by molar-refractivity contribution is 5.84. The topological polar surface area (TPSA) is 73.9 Å². The summed E-state index contributed by atoms with van der Waals surface area (Å²) in [6.07, 6.45) is 4.61. The number of anilines is 1. The van der Waals surface area contributed by atoms with Crippen LogP contribution in [0.5, 0.6) is 0 Å². The first kappa shape index (κ1) is 17.1. The van der Waals surface area contributed by atoms with Crippen LogP contribution >= 0.6 is 0 Å². The van der Waals surface area contributed by atoms with E-state index in [1.807, 2.05) is 24.4 Å². The zero-order valence-electron chi connectivity index (χ0n) is 15.9. The molecule has 1 unspecified atom stereocenters. The molecular formula is C20H27N5O. The third kappa shape index (κ3) is 2.68. The molecule has 2 fully saturated rings. The predicted octanol–water partition coefficient (Wildman–Crippen LogP) is 2.85. The molecule has 1 aliphatic carbocycles. The molecule has 1 amide bonds. The van der Waals surface area contributed by atoms with Crippen LogP contribution in [0.25, 0.3) is 11.4 Å². The van der Waals surface area contributed by atoms with Crippen LogP contribution in [0.3, 0.4) is 0 Å². The van der Waals surface area contributed by atoms with Gasteiger partial charge in [0, 0.05) is 37.4 Å². The number of aromatic amines is 1. The van der Waals surface area contributed by atoms with Crippen LogP contribution in [0, 0.1) is 16.7 Å². The Bertz CT molecular complexity index is 797. The number of hydrogen-bond donors (Lipinski definition) is 2. The third-order valence-corrected chi connectivity index (χ3v) is 6.62. The predicted molar refractivity (Wildman–Crippen MR) is 102 cm³/mol. The van der Waals surface area contributed by atoms with Gasteiger partial charge in [0.25, 0.3) is 0 Å². The first-order chi connectivity index (χ1) is 12.3. The molecule has 1 atom stereocenters. The highest BCUT2D eigenvalue weighted by Gasteiger charge is 2.68. The summed E-state index contributed by atoms with van der Waals surface area (Å²) in [5, 5.41) is 3.25. The lowest BCUT2D eigenvalue weighted by Gasteiger charge is -2.17. The molecule has 26 heavy (non-hydrogen) atoms. The molecule has 4 rings (SSSR count). The Balaban J connectivity index is 1.40. The van der Waals surface area contributed by atoms with Gasteiger partial charge in [-0.1, -0.05) is 27.7 Å². The number of rotatable bonds is 4. The van der Waals surface area contributed by atoms with E-state index in [2.05, 4.69) is 52.9 Å². The van der Waals surface area contributed by atoms with E-state index in [0.717, 1.165) is 36.8 Å². The van der Waals surface area contributed by atoms with Gasteiger partial charge >= 0.3 is 0 Å². The van der Waals surface area contributed by atoms with Crippen molar-refractivity contribution in [2.45, 2.75) is 40.2 Å². The fourth-order valence-corrected chi connectivity index (χ4v) is 4.34. The van der Waals surface area contributed by atoms with Crippen LogP contribution in [-0.2, 0) is 4.79 Å². The molecule has 0 bridgehead atoms. The first-order valence-electron chi connectivity index (χ1n) is 9.33. The number of amides is 1. The van der Waals surface area contributed by atoms with Crippen molar-refractivity contribution in [3.8, 4) is 11.4 Å². The largest absolute Gasteiger partial charge is 0.360 e. The summed E-state index contributed by atoms with van der Waals surface area (Å²) in [7, 11) is 0. The molecule has 2 aromatic rings. The standard InChI is InChI=1S/C20H27N5O/c1-19(2)16(20(19,3)4)17(26)23-13-8-11-25(12-13)18-22-10-7-15(24-18)14-6-5-9-21-14/h5-7,9-10,13,16,21H,8,11-12H2,1-4H3,(H,23,26). The Morgan fingerprint density at radius 3 is 2.69 bits per heavy atom. The molecule has 0 aromatic carbocycles. The normalized spacial score (nSPS) is 23.8. The zero-order valence-corrected chi connectivity index (χ0v) is 15.9. The summed E-state index contributed by atoms with van der Waals surface area (Å²) in [5.41, 5.74) is 2.01. The van der Waals surface area contributed by atoms with E-state index in [1.165, 1.54) is 0 Å². The van der Waals surface area contributed by atoms with Gasteiger partial charge in [0.2, 0.25) is 11.9 Å². The van der Waals surface area contributed by atoms with Crippen molar-refractivity contribution in [1.82, 2.24) is 20.3 Å². The Labute approximate surface area is 154 Å². The molecule has 1 saturated carbocycles. The summed E-state index contributed by atoms with van der Waals surface area (Å²) in [5.74, 6) is 1.00. The molecule has 2 aromatic heterocycles. The number of aromatic nitrogens is 3. The van der Waals surface area contributed by atoms with Crippen LogP contribution < -0.4 is 10.2 Å².